The quantitative estimate of drug-likeness (QED) is 0.478. The third-order valence-electron chi connectivity index (χ3n) is 0.514. The van der Waals surface area contributed by atoms with Crippen molar-refractivity contribution >= 4 is 29.7 Å². The summed E-state index contributed by atoms with van der Waals surface area (Å²) in [6.45, 7) is -0.296. The lowest BCUT2D eigenvalue weighted by Crippen LogP contribution is -2.32. The maximum atomic E-state index is 8.27. The first kappa shape index (κ1) is 11.0. The van der Waals surface area contributed by atoms with Gasteiger partial charge in [-0.3, -0.25) is 0 Å². The van der Waals surface area contributed by atoms with Crippen LogP contribution in [0, 0.1) is 0 Å². The summed E-state index contributed by atoms with van der Waals surface area (Å²) in [5.74, 6) is 0. The van der Waals surface area contributed by atoms with Crippen molar-refractivity contribution in [1.29, 1.82) is 0 Å². The molecular formula is C3H8ClNO2S. The van der Waals surface area contributed by atoms with Gasteiger partial charge in [0.2, 0.25) is 0 Å². The number of hydrogen-bond acceptors (Lipinski definition) is 3. The summed E-state index contributed by atoms with van der Waals surface area (Å²) in [7, 11) is 0. The number of halogens is 1. The fourth-order valence-corrected chi connectivity index (χ4v) is 0.153. The molecule has 0 unspecified atom stereocenters. The average molecular weight is 158 g/mol. The molecule has 0 saturated carbocycles. The molecule has 0 aliphatic heterocycles. The van der Waals surface area contributed by atoms with Crippen molar-refractivity contribution in [3.63, 3.8) is 0 Å². The van der Waals surface area contributed by atoms with E-state index in [1.165, 1.54) is 0 Å². The third kappa shape index (κ3) is 4.26. The largest absolute Gasteiger partial charge is 0.501 e. The molecule has 0 bridgehead atoms. The molecule has 5 heteroatoms. The fraction of sp³-hybridized carbons (Fsp3) is 0.667. The molecule has 0 amide bonds. The Balaban J connectivity index is 0. The van der Waals surface area contributed by atoms with Gasteiger partial charge in [-0.05, 0) is 12.2 Å². The molecule has 0 spiro atoms. The molecule has 8 heavy (non-hydrogen) atoms. The summed E-state index contributed by atoms with van der Waals surface area (Å²) in [6, 6.07) is -0.755. The number of thiocarbonyl (C=S) groups is 1. The molecule has 0 aromatic carbocycles. The van der Waals surface area contributed by atoms with Crippen LogP contribution >= 0.6 is 24.6 Å². The van der Waals surface area contributed by atoms with Crippen molar-refractivity contribution in [2.45, 2.75) is 6.04 Å². The summed E-state index contributed by atoms with van der Waals surface area (Å²) in [5.41, 5.74) is 4.97. The van der Waals surface area contributed by atoms with Gasteiger partial charge in [0.1, 0.15) is 0 Å². The van der Waals surface area contributed by atoms with Gasteiger partial charge in [-0.1, -0.05) is 0 Å². The third-order valence-corrected chi connectivity index (χ3v) is 0.817. The van der Waals surface area contributed by atoms with E-state index >= 15 is 0 Å². The Morgan fingerprint density at radius 1 is 1.75 bits per heavy atom. The highest BCUT2D eigenvalue weighted by molar-refractivity contribution is 7.80. The molecule has 0 fully saturated rings. The maximum Gasteiger partial charge on any atom is 0.176 e. The zero-order valence-corrected chi connectivity index (χ0v) is 5.71. The van der Waals surface area contributed by atoms with Gasteiger partial charge < -0.3 is 15.9 Å². The Labute approximate surface area is 58.9 Å². The number of rotatable bonds is 2. The lowest BCUT2D eigenvalue weighted by Gasteiger charge is -2.00. The van der Waals surface area contributed by atoms with Gasteiger partial charge in [0, 0.05) is 0 Å². The Kier molecular flexibility index (Phi) is 7.19. The molecule has 0 radical (unpaired) electrons. The van der Waals surface area contributed by atoms with Crippen molar-refractivity contribution in [2.75, 3.05) is 6.61 Å². The molecule has 0 saturated heterocycles. The molecular weight excluding hydrogens is 150 g/mol. The lowest BCUT2D eigenvalue weighted by atomic mass is 10.4. The number of hydrogen-bond donors (Lipinski definition) is 3. The second kappa shape index (κ2) is 5.24. The zero-order chi connectivity index (χ0) is 5.86. The van der Waals surface area contributed by atoms with E-state index in [9.17, 15) is 0 Å². The van der Waals surface area contributed by atoms with Crippen LogP contribution in [-0.4, -0.2) is 27.9 Å². The van der Waals surface area contributed by atoms with Crippen molar-refractivity contribution in [1.82, 2.24) is 0 Å². The lowest BCUT2D eigenvalue weighted by molar-refractivity contribution is 0.282. The van der Waals surface area contributed by atoms with E-state index in [2.05, 4.69) is 12.2 Å². The molecule has 0 aliphatic carbocycles. The second-order valence-electron chi connectivity index (χ2n) is 1.13. The fourth-order valence-electron chi connectivity index (χ4n) is 0.0781. The highest BCUT2D eigenvalue weighted by Gasteiger charge is 2.02. The highest BCUT2D eigenvalue weighted by Crippen LogP contribution is 1.76. The molecule has 1 atom stereocenters. The average Bonchev–Trinajstić information content (AvgIpc) is 1.65. The monoisotopic (exact) mass is 157 g/mol. The smallest absolute Gasteiger partial charge is 0.176 e. The van der Waals surface area contributed by atoms with Crippen molar-refractivity contribution < 1.29 is 10.2 Å². The minimum absolute atomic E-state index is 0. The summed E-state index contributed by atoms with van der Waals surface area (Å²) in [6.07, 6.45) is 0. The van der Waals surface area contributed by atoms with Gasteiger partial charge in [-0.25, -0.2) is 0 Å². The Bertz CT molecular complexity index is 79.7. The summed E-state index contributed by atoms with van der Waals surface area (Å²) >= 11 is 4.19. The summed E-state index contributed by atoms with van der Waals surface area (Å²) in [4.78, 5) is 0. The van der Waals surface area contributed by atoms with E-state index in [4.69, 9.17) is 15.9 Å². The summed E-state index contributed by atoms with van der Waals surface area (Å²) < 4.78 is 0. The number of nitrogens with two attached hydrogens (primary N) is 1. The van der Waals surface area contributed by atoms with Crippen LogP contribution in [0.25, 0.3) is 0 Å². The van der Waals surface area contributed by atoms with E-state index in [1.54, 1.807) is 0 Å². The molecule has 0 aliphatic rings. The molecule has 0 rings (SSSR count). The minimum atomic E-state index is -0.755. The van der Waals surface area contributed by atoms with Crippen LogP contribution in [0.4, 0.5) is 0 Å². The van der Waals surface area contributed by atoms with E-state index in [1.807, 2.05) is 0 Å². The molecule has 0 aromatic rings. The first-order valence-electron chi connectivity index (χ1n) is 1.77. The van der Waals surface area contributed by atoms with E-state index in [0.717, 1.165) is 0 Å². The Morgan fingerprint density at radius 3 is 2.12 bits per heavy atom. The van der Waals surface area contributed by atoms with Crippen LogP contribution in [-0.2, 0) is 0 Å². The minimum Gasteiger partial charge on any atom is -0.501 e. The van der Waals surface area contributed by atoms with Gasteiger partial charge in [-0.15, -0.1) is 12.4 Å². The maximum absolute atomic E-state index is 8.27. The molecule has 4 N–H and O–H groups in total. The molecule has 3 nitrogen and oxygen atoms in total. The molecule has 0 heterocycles. The standard InChI is InChI=1S/C3H7NO2S.ClH/c4-2(1-5)3(6)7;/h2,5H,1,4H2,(H,6,7);1H/t2-;/m0./s1. The topological polar surface area (TPSA) is 66.5 Å². The summed E-state index contributed by atoms with van der Waals surface area (Å²) in [5, 5.41) is 16.1. The van der Waals surface area contributed by atoms with E-state index in [-0.39, 0.29) is 24.1 Å². The molecule has 50 valence electrons. The van der Waals surface area contributed by atoms with Gasteiger partial charge in [0.05, 0.1) is 12.6 Å². The van der Waals surface area contributed by atoms with E-state index in [0.29, 0.717) is 0 Å². The van der Waals surface area contributed by atoms with Gasteiger partial charge >= 0.3 is 0 Å². The normalized spacial score (nSPS) is 11.8. The first-order chi connectivity index (χ1) is 3.18. The first-order valence-corrected chi connectivity index (χ1v) is 2.18. The second-order valence-corrected chi connectivity index (χ2v) is 1.55. The van der Waals surface area contributed by atoms with Gasteiger partial charge in [0.25, 0.3) is 0 Å². The van der Waals surface area contributed by atoms with Crippen molar-refractivity contribution in [2.24, 2.45) is 5.73 Å². The van der Waals surface area contributed by atoms with Crippen LogP contribution in [0.5, 0.6) is 0 Å². The Morgan fingerprint density at radius 2 is 2.12 bits per heavy atom. The SMILES string of the molecule is Cl.N[C@@H](CO)C(O)=S. The Hall–Kier alpha value is 0.1000. The zero-order valence-electron chi connectivity index (χ0n) is 4.07. The van der Waals surface area contributed by atoms with Crippen molar-refractivity contribution in [3.8, 4) is 0 Å². The highest BCUT2D eigenvalue weighted by atomic mass is 35.5. The van der Waals surface area contributed by atoms with Gasteiger partial charge in [-0.2, -0.15) is 0 Å². The number of aliphatic hydroxyl groups excluding tert-OH is 2. The van der Waals surface area contributed by atoms with Crippen LogP contribution in [0.15, 0.2) is 0 Å². The predicted molar refractivity (Wildman–Crippen MR) is 37.5 cm³/mol. The van der Waals surface area contributed by atoms with Crippen LogP contribution in [0.2, 0.25) is 0 Å². The predicted octanol–water partition coefficient (Wildman–Crippen LogP) is -0.387. The van der Waals surface area contributed by atoms with Gasteiger partial charge in [0.15, 0.2) is 5.05 Å². The van der Waals surface area contributed by atoms with Crippen LogP contribution in [0.3, 0.4) is 0 Å². The van der Waals surface area contributed by atoms with Crippen molar-refractivity contribution in [3.05, 3.63) is 0 Å². The van der Waals surface area contributed by atoms with E-state index < -0.39 is 6.04 Å². The molecule has 0 aromatic heterocycles. The van der Waals surface area contributed by atoms with Crippen LogP contribution < -0.4 is 5.73 Å². The number of aliphatic hydroxyl groups is 2. The van der Waals surface area contributed by atoms with Crippen LogP contribution in [0.1, 0.15) is 0 Å².